The van der Waals surface area contributed by atoms with Crippen LogP contribution in [-0.2, 0) is 0 Å². The average Bonchev–Trinajstić information content (AvgIpc) is 2.76. The second-order valence-corrected chi connectivity index (χ2v) is 6.65. The largest absolute Gasteiger partial charge is 0.363 e. The molecule has 1 atom stereocenters. The monoisotopic (exact) mass is 288 g/mol. The van der Waals surface area contributed by atoms with Crippen molar-refractivity contribution in [2.24, 2.45) is 5.73 Å². The molecule has 2 nitrogen and oxygen atoms in total. The first-order chi connectivity index (χ1) is 9.58. The Balaban J connectivity index is 2.43. The molecule has 2 rings (SSSR count). The van der Waals surface area contributed by atoms with E-state index in [1.54, 1.807) is 0 Å². The Morgan fingerprint density at radius 3 is 2.40 bits per heavy atom. The molecule has 3 heteroatoms. The number of para-hydroxylation sites is 1. The van der Waals surface area contributed by atoms with Crippen LogP contribution in [0.5, 0.6) is 0 Å². The van der Waals surface area contributed by atoms with Crippen molar-refractivity contribution in [3.8, 4) is 0 Å². The van der Waals surface area contributed by atoms with Crippen LogP contribution in [0.3, 0.4) is 0 Å². The average molecular weight is 288 g/mol. The van der Waals surface area contributed by atoms with Crippen molar-refractivity contribution >= 4 is 17.0 Å². The summed E-state index contributed by atoms with van der Waals surface area (Å²) in [5.41, 5.74) is 10.1. The van der Waals surface area contributed by atoms with Crippen LogP contribution in [0.25, 0.3) is 0 Å². The zero-order valence-corrected chi connectivity index (χ0v) is 13.6. The number of likely N-dealkylation sites (N-methyl/N-ethyl adjacent to an activating group) is 1. The van der Waals surface area contributed by atoms with Crippen LogP contribution in [0.1, 0.15) is 33.8 Å². The van der Waals surface area contributed by atoms with Crippen molar-refractivity contribution < 1.29 is 0 Å². The van der Waals surface area contributed by atoms with E-state index in [4.69, 9.17) is 5.73 Å². The Labute approximate surface area is 126 Å². The number of thiophene rings is 1. The fraction of sp³-hybridized carbons (Fsp3) is 0.412. The summed E-state index contributed by atoms with van der Waals surface area (Å²) in [6.45, 7) is 10.3. The predicted octanol–water partition coefficient (Wildman–Crippen LogP) is 4.20. The van der Waals surface area contributed by atoms with Crippen LogP contribution in [0.15, 0.2) is 30.3 Å². The maximum atomic E-state index is 6.11. The Bertz CT molecular complexity index is 574. The van der Waals surface area contributed by atoms with Crippen LogP contribution < -0.4 is 10.6 Å². The summed E-state index contributed by atoms with van der Waals surface area (Å²) in [6, 6.07) is 11.1. The minimum Gasteiger partial charge on any atom is -0.363 e. The van der Waals surface area contributed by atoms with E-state index in [2.05, 4.69) is 62.9 Å². The number of nitrogens with two attached hydrogens (primary N) is 1. The maximum Gasteiger partial charge on any atom is 0.0675 e. The first-order valence-corrected chi connectivity index (χ1v) is 7.99. The molecular formula is C17H24N2S. The first kappa shape index (κ1) is 15.1. The maximum absolute atomic E-state index is 6.11. The number of nitrogens with zero attached hydrogens (tertiary/aromatic N) is 1. The van der Waals surface area contributed by atoms with E-state index in [1.807, 2.05) is 11.3 Å². The van der Waals surface area contributed by atoms with Gasteiger partial charge < -0.3 is 10.6 Å². The highest BCUT2D eigenvalue weighted by atomic mass is 32.1. The Kier molecular flexibility index (Phi) is 4.84. The van der Waals surface area contributed by atoms with E-state index in [0.717, 1.165) is 6.54 Å². The quantitative estimate of drug-likeness (QED) is 0.893. The van der Waals surface area contributed by atoms with E-state index < -0.39 is 0 Å². The van der Waals surface area contributed by atoms with Gasteiger partial charge in [-0.15, -0.1) is 11.3 Å². The van der Waals surface area contributed by atoms with Crippen molar-refractivity contribution in [1.82, 2.24) is 0 Å². The van der Waals surface area contributed by atoms with E-state index in [0.29, 0.717) is 6.54 Å². The van der Waals surface area contributed by atoms with Gasteiger partial charge in [-0.05, 0) is 51.0 Å². The number of benzene rings is 1. The molecule has 1 heterocycles. The standard InChI is InChI=1S/C17H24N2S/c1-5-19(16-9-7-6-8-12(16)2)17(11-18)15-10-13(3)20-14(15)4/h6-10,17H,5,11,18H2,1-4H3. The molecule has 0 aliphatic rings. The molecule has 1 aromatic carbocycles. The minimum absolute atomic E-state index is 0.256. The molecule has 108 valence electrons. The third-order valence-electron chi connectivity index (χ3n) is 3.80. The van der Waals surface area contributed by atoms with Gasteiger partial charge in [0, 0.05) is 28.5 Å². The molecule has 1 aromatic heterocycles. The van der Waals surface area contributed by atoms with Crippen molar-refractivity contribution in [3.63, 3.8) is 0 Å². The molecule has 0 fully saturated rings. The molecule has 0 aliphatic heterocycles. The molecule has 0 amide bonds. The molecule has 0 spiro atoms. The summed E-state index contributed by atoms with van der Waals surface area (Å²) in [5, 5.41) is 0. The topological polar surface area (TPSA) is 29.3 Å². The van der Waals surface area contributed by atoms with Crippen LogP contribution in [-0.4, -0.2) is 13.1 Å². The fourth-order valence-corrected chi connectivity index (χ4v) is 3.83. The Morgan fingerprint density at radius 1 is 1.20 bits per heavy atom. The number of hydrogen-bond acceptors (Lipinski definition) is 3. The van der Waals surface area contributed by atoms with Crippen LogP contribution in [0, 0.1) is 20.8 Å². The van der Waals surface area contributed by atoms with Crippen molar-refractivity contribution in [3.05, 3.63) is 51.2 Å². The zero-order valence-electron chi connectivity index (χ0n) is 12.8. The lowest BCUT2D eigenvalue weighted by molar-refractivity contribution is 0.641. The molecule has 1 unspecified atom stereocenters. The van der Waals surface area contributed by atoms with Crippen molar-refractivity contribution in [1.29, 1.82) is 0 Å². The summed E-state index contributed by atoms with van der Waals surface area (Å²) in [6.07, 6.45) is 0. The fourth-order valence-electron chi connectivity index (χ4n) is 2.85. The van der Waals surface area contributed by atoms with Crippen LogP contribution in [0.4, 0.5) is 5.69 Å². The van der Waals surface area contributed by atoms with Gasteiger partial charge in [-0.2, -0.15) is 0 Å². The van der Waals surface area contributed by atoms with Crippen LogP contribution in [0.2, 0.25) is 0 Å². The molecule has 0 saturated carbocycles. The highest BCUT2D eigenvalue weighted by molar-refractivity contribution is 7.12. The number of rotatable bonds is 5. The molecule has 0 bridgehead atoms. The first-order valence-electron chi connectivity index (χ1n) is 7.17. The number of hydrogen-bond donors (Lipinski definition) is 1. The Morgan fingerprint density at radius 2 is 1.90 bits per heavy atom. The van der Waals surface area contributed by atoms with E-state index in [9.17, 15) is 0 Å². The minimum atomic E-state index is 0.256. The smallest absolute Gasteiger partial charge is 0.0675 e. The number of aryl methyl sites for hydroxylation is 3. The summed E-state index contributed by atoms with van der Waals surface area (Å²) < 4.78 is 0. The summed E-state index contributed by atoms with van der Waals surface area (Å²) in [5.74, 6) is 0. The van der Waals surface area contributed by atoms with Gasteiger partial charge in [-0.1, -0.05) is 18.2 Å². The van der Waals surface area contributed by atoms with Gasteiger partial charge in [0.15, 0.2) is 0 Å². The normalized spacial score (nSPS) is 12.4. The second kappa shape index (κ2) is 6.42. The lowest BCUT2D eigenvalue weighted by Crippen LogP contribution is -2.34. The van der Waals surface area contributed by atoms with Crippen molar-refractivity contribution in [2.45, 2.75) is 33.7 Å². The Hall–Kier alpha value is -1.32. The lowest BCUT2D eigenvalue weighted by atomic mass is 10.0. The molecule has 20 heavy (non-hydrogen) atoms. The molecule has 0 aliphatic carbocycles. The molecule has 2 N–H and O–H groups in total. The molecule has 2 aromatic rings. The summed E-state index contributed by atoms with van der Waals surface area (Å²) in [7, 11) is 0. The van der Waals surface area contributed by atoms with Crippen molar-refractivity contribution in [2.75, 3.05) is 18.0 Å². The van der Waals surface area contributed by atoms with Gasteiger partial charge in [-0.25, -0.2) is 0 Å². The summed E-state index contributed by atoms with van der Waals surface area (Å²) >= 11 is 1.86. The van der Waals surface area contributed by atoms with Gasteiger partial charge in [0.25, 0.3) is 0 Å². The highest BCUT2D eigenvalue weighted by Crippen LogP contribution is 2.33. The third-order valence-corrected chi connectivity index (χ3v) is 4.79. The van der Waals surface area contributed by atoms with E-state index in [-0.39, 0.29) is 6.04 Å². The third kappa shape index (κ3) is 2.89. The zero-order chi connectivity index (χ0) is 14.7. The van der Waals surface area contributed by atoms with E-state index >= 15 is 0 Å². The second-order valence-electron chi connectivity index (χ2n) is 5.19. The van der Waals surface area contributed by atoms with Gasteiger partial charge in [0.05, 0.1) is 6.04 Å². The van der Waals surface area contributed by atoms with Gasteiger partial charge >= 0.3 is 0 Å². The van der Waals surface area contributed by atoms with Gasteiger partial charge in [0.1, 0.15) is 0 Å². The summed E-state index contributed by atoms with van der Waals surface area (Å²) in [4.78, 5) is 5.16. The predicted molar refractivity (Wildman–Crippen MR) is 89.8 cm³/mol. The van der Waals surface area contributed by atoms with E-state index in [1.165, 1.54) is 26.6 Å². The molecule has 0 saturated heterocycles. The number of anilines is 1. The van der Waals surface area contributed by atoms with Gasteiger partial charge in [0.2, 0.25) is 0 Å². The molecular weight excluding hydrogens is 264 g/mol. The highest BCUT2D eigenvalue weighted by Gasteiger charge is 2.22. The van der Waals surface area contributed by atoms with Crippen LogP contribution >= 0.6 is 11.3 Å². The molecule has 0 radical (unpaired) electrons. The lowest BCUT2D eigenvalue weighted by Gasteiger charge is -2.33. The SMILES string of the molecule is CCN(c1ccccc1C)C(CN)c1cc(C)sc1C. The van der Waals surface area contributed by atoms with Gasteiger partial charge in [-0.3, -0.25) is 0 Å².